The van der Waals surface area contributed by atoms with Crippen molar-refractivity contribution in [2.24, 2.45) is 0 Å². The second kappa shape index (κ2) is 9.94. The fraction of sp³-hybridized carbons (Fsp3) is 0.167. The van der Waals surface area contributed by atoms with E-state index in [1.54, 1.807) is 18.8 Å². The Bertz CT molecular complexity index is 921. The zero-order chi connectivity index (χ0) is 20.6. The van der Waals surface area contributed by atoms with Crippen LogP contribution in [0.25, 0.3) is 0 Å². The van der Waals surface area contributed by atoms with Crippen LogP contribution < -0.4 is 5.32 Å². The van der Waals surface area contributed by atoms with E-state index in [0.29, 0.717) is 0 Å². The van der Waals surface area contributed by atoms with Gasteiger partial charge >= 0.3 is 0 Å². The first-order chi connectivity index (χ1) is 14.1. The smallest absolute Gasteiger partial charge is 0.244 e. The van der Waals surface area contributed by atoms with Crippen molar-refractivity contribution >= 4 is 29.3 Å². The van der Waals surface area contributed by atoms with Gasteiger partial charge in [-0.1, -0.05) is 72.8 Å². The molecule has 148 valence electrons. The molecule has 0 saturated carbocycles. The molecule has 0 aliphatic heterocycles. The van der Waals surface area contributed by atoms with E-state index >= 15 is 0 Å². The van der Waals surface area contributed by atoms with E-state index in [2.05, 4.69) is 5.32 Å². The molecular weight excluding hydrogens is 380 g/mol. The van der Waals surface area contributed by atoms with Gasteiger partial charge in [-0.25, -0.2) is 0 Å². The minimum absolute atomic E-state index is 0.0162. The van der Waals surface area contributed by atoms with E-state index < -0.39 is 5.92 Å². The van der Waals surface area contributed by atoms with Crippen LogP contribution in [0.2, 0.25) is 0 Å². The third-order valence-corrected chi connectivity index (χ3v) is 5.45. The molecule has 3 rings (SSSR count). The van der Waals surface area contributed by atoms with Crippen molar-refractivity contribution in [1.29, 1.82) is 0 Å². The average Bonchev–Trinajstić information content (AvgIpc) is 2.75. The molecule has 3 aromatic carbocycles. The summed E-state index contributed by atoms with van der Waals surface area (Å²) in [6.07, 6.45) is 1.96. The maximum Gasteiger partial charge on any atom is 0.244 e. The first-order valence-corrected chi connectivity index (χ1v) is 10.6. The van der Waals surface area contributed by atoms with E-state index in [0.717, 1.165) is 21.7 Å². The van der Waals surface area contributed by atoms with Crippen LogP contribution in [0.15, 0.2) is 89.8 Å². The molecule has 3 aromatic rings. The summed E-state index contributed by atoms with van der Waals surface area (Å²) >= 11 is 1.57. The summed E-state index contributed by atoms with van der Waals surface area (Å²) in [5.41, 5.74) is 2.57. The molecule has 0 spiro atoms. The van der Waals surface area contributed by atoms with Crippen molar-refractivity contribution in [2.45, 2.75) is 10.8 Å². The van der Waals surface area contributed by atoms with Crippen LogP contribution >= 0.6 is 11.8 Å². The van der Waals surface area contributed by atoms with Gasteiger partial charge in [-0.3, -0.25) is 9.59 Å². The lowest BCUT2D eigenvalue weighted by Gasteiger charge is -2.24. The first kappa shape index (κ1) is 20.7. The molecule has 2 amide bonds. The number of hydrogen-bond donors (Lipinski definition) is 1. The Hall–Kier alpha value is -3.05. The summed E-state index contributed by atoms with van der Waals surface area (Å²) in [4.78, 5) is 28.3. The number of para-hydroxylation sites is 1. The van der Waals surface area contributed by atoms with E-state index in [9.17, 15) is 9.59 Å². The molecule has 4 nitrogen and oxygen atoms in total. The van der Waals surface area contributed by atoms with Crippen molar-refractivity contribution < 1.29 is 9.59 Å². The van der Waals surface area contributed by atoms with Crippen LogP contribution in [0.1, 0.15) is 17.0 Å². The summed E-state index contributed by atoms with van der Waals surface area (Å²) in [5.74, 6) is -0.786. The van der Waals surface area contributed by atoms with Crippen molar-refractivity contribution in [3.05, 3.63) is 96.1 Å². The van der Waals surface area contributed by atoms with Crippen molar-refractivity contribution in [1.82, 2.24) is 4.90 Å². The minimum atomic E-state index is -0.450. The van der Waals surface area contributed by atoms with Gasteiger partial charge in [-0.05, 0) is 29.5 Å². The van der Waals surface area contributed by atoms with Crippen LogP contribution in [0, 0.1) is 0 Å². The molecule has 0 bridgehead atoms. The Morgan fingerprint density at radius 2 is 1.38 bits per heavy atom. The fourth-order valence-corrected chi connectivity index (χ4v) is 3.77. The minimum Gasteiger partial charge on any atom is -0.336 e. The number of carbonyl (C=O) groups excluding carboxylic acids is 2. The van der Waals surface area contributed by atoms with Crippen molar-refractivity contribution in [3.63, 3.8) is 0 Å². The molecule has 1 N–H and O–H groups in total. The molecule has 0 atom stereocenters. The van der Waals surface area contributed by atoms with Gasteiger partial charge in [0.25, 0.3) is 0 Å². The first-order valence-electron chi connectivity index (χ1n) is 9.38. The highest BCUT2D eigenvalue weighted by atomic mass is 32.2. The Kier molecular flexibility index (Phi) is 7.09. The number of hydrogen-bond acceptors (Lipinski definition) is 3. The van der Waals surface area contributed by atoms with Gasteiger partial charge in [0.2, 0.25) is 11.8 Å². The quantitative estimate of drug-likeness (QED) is 0.584. The lowest BCUT2D eigenvalue weighted by atomic mass is 9.90. The van der Waals surface area contributed by atoms with Crippen LogP contribution in [0.5, 0.6) is 0 Å². The molecule has 0 aromatic heterocycles. The number of benzene rings is 3. The molecular formula is C24H24N2O2S. The van der Waals surface area contributed by atoms with Gasteiger partial charge in [-0.15, -0.1) is 11.8 Å². The lowest BCUT2D eigenvalue weighted by Crippen LogP contribution is -2.38. The monoisotopic (exact) mass is 404 g/mol. The summed E-state index contributed by atoms with van der Waals surface area (Å²) in [5, 5.41) is 2.91. The van der Waals surface area contributed by atoms with Gasteiger partial charge < -0.3 is 10.2 Å². The highest BCUT2D eigenvalue weighted by Crippen LogP contribution is 2.27. The van der Waals surface area contributed by atoms with Gasteiger partial charge in [0, 0.05) is 11.9 Å². The van der Waals surface area contributed by atoms with E-state index in [1.165, 1.54) is 4.90 Å². The molecule has 0 unspecified atom stereocenters. The number of nitrogens with zero attached hydrogens (tertiary/aromatic N) is 1. The van der Waals surface area contributed by atoms with Crippen LogP contribution in [0.3, 0.4) is 0 Å². The fourth-order valence-electron chi connectivity index (χ4n) is 3.22. The molecule has 5 heteroatoms. The van der Waals surface area contributed by atoms with Crippen molar-refractivity contribution in [2.75, 3.05) is 25.2 Å². The average molecular weight is 405 g/mol. The summed E-state index contributed by atoms with van der Waals surface area (Å²) in [7, 11) is 1.67. The Labute approximate surface area is 175 Å². The highest BCUT2D eigenvalue weighted by molar-refractivity contribution is 7.98. The second-order valence-corrected chi connectivity index (χ2v) is 7.55. The van der Waals surface area contributed by atoms with Crippen LogP contribution in [-0.4, -0.2) is 36.6 Å². The SMILES string of the molecule is CSc1ccccc1NC(=O)CN(C)C(=O)C(c1ccccc1)c1ccccc1. The number of nitrogens with one attached hydrogen (secondary N) is 1. The molecule has 0 aliphatic rings. The normalized spacial score (nSPS) is 10.6. The number of thioether (sulfide) groups is 1. The predicted octanol–water partition coefficient (Wildman–Crippen LogP) is 4.64. The Morgan fingerprint density at radius 1 is 0.862 bits per heavy atom. The molecule has 0 saturated heterocycles. The summed E-state index contributed by atoms with van der Waals surface area (Å²) < 4.78 is 0. The topological polar surface area (TPSA) is 49.4 Å². The van der Waals surface area contributed by atoms with Crippen LogP contribution in [-0.2, 0) is 9.59 Å². The van der Waals surface area contributed by atoms with E-state index in [-0.39, 0.29) is 18.4 Å². The standard InChI is InChI=1S/C24H24N2O2S/c1-26(17-22(27)25-20-15-9-10-16-21(20)29-2)24(28)23(18-11-5-3-6-12-18)19-13-7-4-8-14-19/h3-16,23H,17H2,1-2H3,(H,25,27). The maximum atomic E-state index is 13.3. The number of carbonyl (C=O) groups is 2. The maximum absolute atomic E-state index is 13.3. The molecule has 0 aliphatic carbocycles. The zero-order valence-corrected chi connectivity index (χ0v) is 17.4. The molecule has 0 fully saturated rings. The highest BCUT2D eigenvalue weighted by Gasteiger charge is 2.26. The predicted molar refractivity (Wildman–Crippen MR) is 119 cm³/mol. The molecule has 0 heterocycles. The second-order valence-electron chi connectivity index (χ2n) is 6.70. The zero-order valence-electron chi connectivity index (χ0n) is 16.5. The third-order valence-electron chi connectivity index (χ3n) is 4.65. The number of likely N-dealkylation sites (N-methyl/N-ethyl adjacent to an activating group) is 1. The van der Waals surface area contributed by atoms with Gasteiger partial charge in [0.1, 0.15) is 0 Å². The largest absolute Gasteiger partial charge is 0.336 e. The number of amides is 2. The summed E-state index contributed by atoms with van der Waals surface area (Å²) in [6.45, 7) is -0.0162. The van der Waals surface area contributed by atoms with Crippen molar-refractivity contribution in [3.8, 4) is 0 Å². The van der Waals surface area contributed by atoms with Crippen LogP contribution in [0.4, 0.5) is 5.69 Å². The third kappa shape index (κ3) is 5.27. The van der Waals surface area contributed by atoms with Gasteiger partial charge in [0.05, 0.1) is 18.2 Å². The number of rotatable bonds is 7. The number of anilines is 1. The van der Waals surface area contributed by atoms with E-state index in [4.69, 9.17) is 0 Å². The molecule has 0 radical (unpaired) electrons. The summed E-state index contributed by atoms with van der Waals surface area (Å²) in [6, 6.07) is 26.9. The Morgan fingerprint density at radius 3 is 1.93 bits per heavy atom. The Balaban J connectivity index is 1.76. The van der Waals surface area contributed by atoms with E-state index in [1.807, 2.05) is 91.2 Å². The lowest BCUT2D eigenvalue weighted by molar-refractivity contribution is -0.133. The molecule has 29 heavy (non-hydrogen) atoms. The van der Waals surface area contributed by atoms with Gasteiger partial charge in [-0.2, -0.15) is 0 Å². The van der Waals surface area contributed by atoms with Gasteiger partial charge in [0.15, 0.2) is 0 Å².